The molecule has 2 N–H and O–H groups in total. The van der Waals surface area contributed by atoms with Gasteiger partial charge in [-0.3, -0.25) is 25.3 Å². The van der Waals surface area contributed by atoms with Crippen molar-refractivity contribution < 1.29 is 32.3 Å². The second-order valence-electron chi connectivity index (χ2n) is 7.22. The number of methoxy groups -OCH3 is 1. The first-order chi connectivity index (χ1) is 16.3. The quantitative estimate of drug-likeness (QED) is 0.600. The Hall–Kier alpha value is -3.41. The average molecular weight is 497 g/mol. The summed E-state index contributed by atoms with van der Waals surface area (Å²) < 4.78 is 44.6. The number of ether oxygens (including phenoxy) is 1. The zero-order valence-corrected chi connectivity index (χ0v) is 19.0. The summed E-state index contributed by atoms with van der Waals surface area (Å²) in [4.78, 5) is 39.4. The Balaban J connectivity index is 1.81. The maximum absolute atomic E-state index is 14.9. The number of halogens is 3. The van der Waals surface area contributed by atoms with Gasteiger partial charge in [0.05, 0.1) is 13.7 Å². The lowest BCUT2D eigenvalue weighted by atomic mass is 10.1. The predicted octanol–water partition coefficient (Wildman–Crippen LogP) is 3.04. The highest BCUT2D eigenvalue weighted by molar-refractivity contribution is 7.99. The van der Waals surface area contributed by atoms with Gasteiger partial charge in [0, 0.05) is 47.5 Å². The van der Waals surface area contributed by atoms with Gasteiger partial charge in [-0.25, -0.2) is 9.18 Å². The molecule has 2 aromatic carbocycles. The van der Waals surface area contributed by atoms with Crippen molar-refractivity contribution in [2.45, 2.75) is 13.0 Å². The Labute approximate surface area is 198 Å². The van der Waals surface area contributed by atoms with Crippen molar-refractivity contribution >= 4 is 35.3 Å². The van der Waals surface area contributed by atoms with Crippen LogP contribution in [0, 0.1) is 5.82 Å². The zero-order chi connectivity index (χ0) is 24.7. The summed E-state index contributed by atoms with van der Waals surface area (Å²) in [5.41, 5.74) is 3.80. The summed E-state index contributed by atoms with van der Waals surface area (Å²) >= 11 is 1.75. The minimum absolute atomic E-state index is 0.120. The lowest BCUT2D eigenvalue weighted by molar-refractivity contribution is -0.132. The van der Waals surface area contributed by atoms with Gasteiger partial charge in [0.2, 0.25) is 0 Å². The molecule has 0 spiro atoms. The van der Waals surface area contributed by atoms with E-state index in [-0.39, 0.29) is 23.7 Å². The molecule has 0 atom stereocenters. The van der Waals surface area contributed by atoms with Crippen LogP contribution < -0.4 is 20.5 Å². The topological polar surface area (TPSA) is 91.0 Å². The monoisotopic (exact) mass is 496 g/mol. The number of amides is 4. The number of alkyl halides is 2. The van der Waals surface area contributed by atoms with Crippen LogP contribution in [-0.4, -0.2) is 60.9 Å². The number of urea groups is 1. The second-order valence-corrected chi connectivity index (χ2v) is 8.44. The third-order valence-electron chi connectivity index (χ3n) is 5.02. The van der Waals surface area contributed by atoms with E-state index in [4.69, 9.17) is 4.74 Å². The van der Waals surface area contributed by atoms with Crippen molar-refractivity contribution in [2.75, 3.05) is 36.6 Å². The highest BCUT2D eigenvalue weighted by atomic mass is 32.2. The summed E-state index contributed by atoms with van der Waals surface area (Å²) in [7, 11) is 1.50. The first-order valence-electron chi connectivity index (χ1n) is 10.2. The molecule has 0 radical (unpaired) electrons. The van der Waals surface area contributed by atoms with Crippen molar-refractivity contribution in [1.29, 1.82) is 0 Å². The molecule has 1 aliphatic rings. The molecule has 182 valence electrons. The Morgan fingerprint density at radius 3 is 2.50 bits per heavy atom. The Kier molecular flexibility index (Phi) is 8.63. The van der Waals surface area contributed by atoms with Crippen LogP contribution in [0.25, 0.3) is 0 Å². The normalized spacial score (nSPS) is 13.4. The third kappa shape index (κ3) is 6.34. The predicted molar refractivity (Wildman–Crippen MR) is 121 cm³/mol. The van der Waals surface area contributed by atoms with Crippen LogP contribution in [0.1, 0.15) is 15.9 Å². The molecule has 0 aromatic heterocycles. The van der Waals surface area contributed by atoms with Gasteiger partial charge < -0.3 is 9.64 Å². The van der Waals surface area contributed by atoms with Crippen molar-refractivity contribution in [3.63, 3.8) is 0 Å². The van der Waals surface area contributed by atoms with Crippen LogP contribution in [0.5, 0.6) is 5.75 Å². The van der Waals surface area contributed by atoms with Crippen LogP contribution in [0.2, 0.25) is 0 Å². The van der Waals surface area contributed by atoms with Gasteiger partial charge >= 0.3 is 18.4 Å². The molecule has 0 saturated carbocycles. The maximum Gasteiger partial charge on any atom is 0.324 e. The molecular weight excluding hydrogens is 473 g/mol. The van der Waals surface area contributed by atoms with Crippen molar-refractivity contribution in [3.05, 3.63) is 59.4 Å². The smallest absolute Gasteiger partial charge is 0.324 e. The number of hydrazine groups is 1. The molecule has 1 fully saturated rings. The van der Waals surface area contributed by atoms with Crippen LogP contribution in [0.15, 0.2) is 42.5 Å². The number of nitrogens with zero attached hydrogens (tertiary/aromatic N) is 2. The molecule has 12 heteroatoms. The van der Waals surface area contributed by atoms with E-state index < -0.39 is 24.1 Å². The van der Waals surface area contributed by atoms with Crippen LogP contribution >= 0.6 is 11.8 Å². The Morgan fingerprint density at radius 1 is 1.12 bits per heavy atom. The molecule has 0 aliphatic carbocycles. The number of benzene rings is 2. The van der Waals surface area contributed by atoms with Crippen LogP contribution in [0.4, 0.5) is 23.7 Å². The second kappa shape index (κ2) is 11.6. The van der Waals surface area contributed by atoms with E-state index >= 15 is 0 Å². The molecule has 2 aromatic rings. The van der Waals surface area contributed by atoms with Gasteiger partial charge in [-0.1, -0.05) is 12.1 Å². The van der Waals surface area contributed by atoms with E-state index in [1.165, 1.54) is 24.1 Å². The maximum atomic E-state index is 14.9. The van der Waals surface area contributed by atoms with Gasteiger partial charge in [0.1, 0.15) is 11.6 Å². The molecule has 0 unspecified atom stereocenters. The largest absolute Gasteiger partial charge is 0.497 e. The number of carbonyl (C=O) groups is 3. The first kappa shape index (κ1) is 25.2. The van der Waals surface area contributed by atoms with Crippen molar-refractivity contribution in [2.24, 2.45) is 0 Å². The molecule has 34 heavy (non-hydrogen) atoms. The Bertz CT molecular complexity index is 1050. The molecular formula is C22H23F3N4O4S. The highest BCUT2D eigenvalue weighted by Gasteiger charge is 2.26. The number of rotatable bonds is 6. The van der Waals surface area contributed by atoms with Crippen LogP contribution in [-0.2, 0) is 11.3 Å². The van der Waals surface area contributed by atoms with Crippen molar-refractivity contribution in [3.8, 4) is 5.75 Å². The number of thioether (sulfide) groups is 1. The molecule has 4 amide bonds. The fourth-order valence-corrected chi connectivity index (χ4v) is 4.11. The van der Waals surface area contributed by atoms with Crippen LogP contribution in [0.3, 0.4) is 0 Å². The fraction of sp³-hybridized carbons (Fsp3) is 0.318. The molecule has 1 heterocycles. The summed E-state index contributed by atoms with van der Waals surface area (Å²) in [6.45, 7) is 1.01. The van der Waals surface area contributed by atoms with E-state index in [1.807, 2.05) is 0 Å². The molecule has 1 saturated heterocycles. The van der Waals surface area contributed by atoms with E-state index in [0.717, 1.165) is 17.6 Å². The SMILES string of the molecule is COc1cccc(N(Cc2ccc(C(=O)NNC(=O)C(F)F)cc2F)C(=O)N2CCSCC2)c1. The van der Waals surface area contributed by atoms with E-state index in [2.05, 4.69) is 0 Å². The lowest BCUT2D eigenvalue weighted by Crippen LogP contribution is -2.46. The summed E-state index contributed by atoms with van der Waals surface area (Å²) in [6.07, 6.45) is -3.31. The molecule has 8 nitrogen and oxygen atoms in total. The standard InChI is InChI=1S/C22H23F3N4O4S/c1-33-17-4-2-3-16(12-17)29(22(32)28-7-9-34-10-8-28)13-15-6-5-14(11-18(15)23)20(30)26-27-21(31)19(24)25/h2-6,11-12,19H,7-10,13H2,1H3,(H,26,30)(H,27,31). The van der Waals surface area contributed by atoms with E-state index in [1.54, 1.807) is 51.8 Å². The number of carbonyl (C=O) groups excluding carboxylic acids is 3. The first-order valence-corrected chi connectivity index (χ1v) is 11.4. The summed E-state index contributed by atoms with van der Waals surface area (Å²) in [6, 6.07) is 10.0. The van der Waals surface area contributed by atoms with Gasteiger partial charge in [-0.2, -0.15) is 20.5 Å². The van der Waals surface area contributed by atoms with Gasteiger partial charge in [-0.15, -0.1) is 0 Å². The molecule has 0 bridgehead atoms. The minimum atomic E-state index is -3.31. The summed E-state index contributed by atoms with van der Waals surface area (Å²) in [5.74, 6) is -1.29. The van der Waals surface area contributed by atoms with Gasteiger partial charge in [0.15, 0.2) is 0 Å². The number of anilines is 1. The Morgan fingerprint density at radius 2 is 1.85 bits per heavy atom. The van der Waals surface area contributed by atoms with Crippen molar-refractivity contribution in [1.82, 2.24) is 15.8 Å². The minimum Gasteiger partial charge on any atom is -0.497 e. The van der Waals surface area contributed by atoms with E-state index in [9.17, 15) is 27.6 Å². The van der Waals surface area contributed by atoms with Gasteiger partial charge in [-0.05, 0) is 24.3 Å². The zero-order valence-electron chi connectivity index (χ0n) is 18.2. The number of hydrogen-bond acceptors (Lipinski definition) is 5. The number of nitrogens with one attached hydrogen (secondary N) is 2. The molecule has 1 aliphatic heterocycles. The summed E-state index contributed by atoms with van der Waals surface area (Å²) in [5, 5.41) is 0. The fourth-order valence-electron chi connectivity index (χ4n) is 3.21. The average Bonchev–Trinajstić information content (AvgIpc) is 2.86. The molecule has 3 rings (SSSR count). The van der Waals surface area contributed by atoms with E-state index in [0.29, 0.717) is 24.5 Å². The lowest BCUT2D eigenvalue weighted by Gasteiger charge is -2.33. The third-order valence-corrected chi connectivity index (χ3v) is 5.96. The highest BCUT2D eigenvalue weighted by Crippen LogP contribution is 2.26. The number of hydrogen-bond donors (Lipinski definition) is 2. The van der Waals surface area contributed by atoms with Gasteiger partial charge in [0.25, 0.3) is 5.91 Å².